The number of benzene rings is 1. The van der Waals surface area contributed by atoms with Gasteiger partial charge < -0.3 is 19.9 Å². The van der Waals surface area contributed by atoms with E-state index in [1.165, 1.54) is 19.2 Å². The molecular formula is C16H21NO6. The highest BCUT2D eigenvalue weighted by molar-refractivity contribution is 5.96. The molecule has 0 spiro atoms. The van der Waals surface area contributed by atoms with Gasteiger partial charge in [-0.15, -0.1) is 0 Å². The van der Waals surface area contributed by atoms with Crippen LogP contribution in [0.25, 0.3) is 0 Å². The van der Waals surface area contributed by atoms with Crippen molar-refractivity contribution >= 4 is 17.8 Å². The molecule has 0 unspecified atom stereocenters. The number of rotatable bonds is 8. The van der Waals surface area contributed by atoms with Crippen LogP contribution < -0.4 is 10.1 Å². The summed E-state index contributed by atoms with van der Waals surface area (Å²) < 4.78 is 9.65. The summed E-state index contributed by atoms with van der Waals surface area (Å²) in [6, 6.07) is 5.19. The van der Waals surface area contributed by atoms with Crippen LogP contribution >= 0.6 is 0 Å². The molecule has 7 nitrogen and oxygen atoms in total. The Labute approximate surface area is 134 Å². The van der Waals surface area contributed by atoms with Crippen LogP contribution in [0.4, 0.5) is 0 Å². The van der Waals surface area contributed by atoms with Crippen molar-refractivity contribution in [1.29, 1.82) is 0 Å². The van der Waals surface area contributed by atoms with Crippen molar-refractivity contribution < 1.29 is 29.0 Å². The molecular weight excluding hydrogens is 302 g/mol. The highest BCUT2D eigenvalue weighted by Gasteiger charge is 2.21. The molecule has 0 aliphatic carbocycles. The minimum atomic E-state index is -1.08. The standard InChI is InChI=1S/C16H21NO6/c1-10(2)7-13(16(20)21)17-15(19)11-5-4-6-12(8-11)23-9-14(18)22-3/h4-6,8,10,13H,7,9H2,1-3H3,(H,17,19)(H,20,21)/t13-/m1/s1. The molecule has 0 aromatic heterocycles. The summed E-state index contributed by atoms with van der Waals surface area (Å²) in [5, 5.41) is 11.6. The van der Waals surface area contributed by atoms with Crippen LogP contribution in [0, 0.1) is 5.92 Å². The zero-order valence-electron chi connectivity index (χ0n) is 13.4. The molecule has 1 atom stereocenters. The summed E-state index contributed by atoms with van der Waals surface area (Å²) in [5.74, 6) is -1.68. The molecule has 2 N–H and O–H groups in total. The van der Waals surface area contributed by atoms with Gasteiger partial charge in [0.1, 0.15) is 11.8 Å². The van der Waals surface area contributed by atoms with Crippen LogP contribution in [0.5, 0.6) is 5.75 Å². The van der Waals surface area contributed by atoms with Crippen molar-refractivity contribution in [2.24, 2.45) is 5.92 Å². The van der Waals surface area contributed by atoms with Crippen molar-refractivity contribution in [3.63, 3.8) is 0 Å². The summed E-state index contributed by atoms with van der Waals surface area (Å²) in [4.78, 5) is 34.4. The Morgan fingerprint density at radius 1 is 1.26 bits per heavy atom. The monoisotopic (exact) mass is 323 g/mol. The van der Waals surface area contributed by atoms with Gasteiger partial charge >= 0.3 is 11.9 Å². The molecule has 0 aliphatic rings. The van der Waals surface area contributed by atoms with Crippen LogP contribution in [0.15, 0.2) is 24.3 Å². The number of ether oxygens (including phenoxy) is 2. The van der Waals surface area contributed by atoms with Crippen molar-refractivity contribution in [2.75, 3.05) is 13.7 Å². The third-order valence-electron chi connectivity index (χ3n) is 2.99. The van der Waals surface area contributed by atoms with E-state index in [1.54, 1.807) is 12.1 Å². The summed E-state index contributed by atoms with van der Waals surface area (Å²) in [6.07, 6.45) is 0.333. The molecule has 0 bridgehead atoms. The fraction of sp³-hybridized carbons (Fsp3) is 0.438. The third-order valence-corrected chi connectivity index (χ3v) is 2.99. The van der Waals surface area contributed by atoms with E-state index < -0.39 is 23.9 Å². The number of nitrogens with one attached hydrogen (secondary N) is 1. The summed E-state index contributed by atoms with van der Waals surface area (Å²) in [5.41, 5.74) is 0.252. The van der Waals surface area contributed by atoms with Crippen molar-refractivity contribution in [3.8, 4) is 5.75 Å². The molecule has 7 heteroatoms. The van der Waals surface area contributed by atoms with Crippen molar-refractivity contribution in [1.82, 2.24) is 5.32 Å². The maximum Gasteiger partial charge on any atom is 0.343 e. The second-order valence-electron chi connectivity index (χ2n) is 5.39. The van der Waals surface area contributed by atoms with Crippen LogP contribution in [0.1, 0.15) is 30.6 Å². The Kier molecular flexibility index (Phi) is 7.05. The number of carbonyl (C=O) groups is 3. The zero-order chi connectivity index (χ0) is 17.4. The number of carboxylic acids is 1. The van der Waals surface area contributed by atoms with Gasteiger partial charge in [0.15, 0.2) is 6.61 Å². The average molecular weight is 323 g/mol. The lowest BCUT2D eigenvalue weighted by molar-refractivity contribution is -0.143. The Bertz CT molecular complexity index is 569. The van der Waals surface area contributed by atoms with E-state index in [1.807, 2.05) is 13.8 Å². The number of hydrogen-bond acceptors (Lipinski definition) is 5. The highest BCUT2D eigenvalue weighted by Crippen LogP contribution is 2.14. The first-order chi connectivity index (χ1) is 10.8. The lowest BCUT2D eigenvalue weighted by atomic mass is 10.0. The van der Waals surface area contributed by atoms with E-state index in [9.17, 15) is 14.4 Å². The van der Waals surface area contributed by atoms with Crippen LogP contribution in [-0.2, 0) is 14.3 Å². The highest BCUT2D eigenvalue weighted by atomic mass is 16.6. The van der Waals surface area contributed by atoms with Gasteiger partial charge in [-0.3, -0.25) is 4.79 Å². The SMILES string of the molecule is COC(=O)COc1cccc(C(=O)N[C@H](CC(C)C)C(=O)O)c1. The average Bonchev–Trinajstić information content (AvgIpc) is 2.51. The topological polar surface area (TPSA) is 102 Å². The molecule has 0 aliphatic heterocycles. The Hall–Kier alpha value is -2.57. The van der Waals surface area contributed by atoms with Gasteiger partial charge in [0, 0.05) is 5.56 Å². The van der Waals surface area contributed by atoms with Crippen LogP contribution in [-0.4, -0.2) is 42.7 Å². The van der Waals surface area contributed by atoms with Gasteiger partial charge in [-0.2, -0.15) is 0 Å². The van der Waals surface area contributed by atoms with E-state index in [-0.39, 0.29) is 18.1 Å². The second-order valence-corrected chi connectivity index (χ2v) is 5.39. The number of carbonyl (C=O) groups excluding carboxylic acids is 2. The summed E-state index contributed by atoms with van der Waals surface area (Å²) in [6.45, 7) is 3.49. The number of amides is 1. The number of carboxylic acid groups (broad SMARTS) is 1. The van der Waals surface area contributed by atoms with Crippen LogP contribution in [0.2, 0.25) is 0 Å². The molecule has 0 heterocycles. The van der Waals surface area contributed by atoms with Gasteiger partial charge in [0.25, 0.3) is 5.91 Å². The fourth-order valence-corrected chi connectivity index (χ4v) is 1.86. The number of esters is 1. The first-order valence-corrected chi connectivity index (χ1v) is 7.16. The van der Waals surface area contributed by atoms with E-state index in [0.717, 1.165) is 0 Å². The van der Waals surface area contributed by atoms with Gasteiger partial charge in [-0.1, -0.05) is 19.9 Å². The molecule has 0 saturated heterocycles. The largest absolute Gasteiger partial charge is 0.482 e. The number of aliphatic carboxylic acids is 1. The Morgan fingerprint density at radius 2 is 1.96 bits per heavy atom. The molecule has 0 fully saturated rings. The van der Waals surface area contributed by atoms with E-state index in [4.69, 9.17) is 9.84 Å². The first kappa shape index (κ1) is 18.5. The molecule has 1 rings (SSSR count). The number of methoxy groups -OCH3 is 1. The zero-order valence-corrected chi connectivity index (χ0v) is 13.4. The normalized spacial score (nSPS) is 11.7. The summed E-state index contributed by atoms with van der Waals surface area (Å²) in [7, 11) is 1.25. The second kappa shape index (κ2) is 8.77. The van der Waals surface area contributed by atoms with Gasteiger partial charge in [0.2, 0.25) is 0 Å². The van der Waals surface area contributed by atoms with E-state index in [2.05, 4.69) is 10.1 Å². The molecule has 23 heavy (non-hydrogen) atoms. The van der Waals surface area contributed by atoms with E-state index >= 15 is 0 Å². The smallest absolute Gasteiger partial charge is 0.343 e. The van der Waals surface area contributed by atoms with Crippen molar-refractivity contribution in [2.45, 2.75) is 26.3 Å². The summed E-state index contributed by atoms with van der Waals surface area (Å²) >= 11 is 0. The number of hydrogen-bond donors (Lipinski definition) is 2. The quantitative estimate of drug-likeness (QED) is 0.702. The predicted molar refractivity (Wildman–Crippen MR) is 82.3 cm³/mol. The van der Waals surface area contributed by atoms with Gasteiger partial charge in [0.05, 0.1) is 7.11 Å². The third kappa shape index (κ3) is 6.37. The molecule has 0 radical (unpaired) electrons. The molecule has 0 saturated carbocycles. The Balaban J connectivity index is 2.75. The predicted octanol–water partition coefficient (Wildman–Crippen LogP) is 1.47. The first-order valence-electron chi connectivity index (χ1n) is 7.16. The fourth-order valence-electron chi connectivity index (χ4n) is 1.86. The van der Waals surface area contributed by atoms with Crippen molar-refractivity contribution in [3.05, 3.63) is 29.8 Å². The molecule has 1 aromatic rings. The minimum absolute atomic E-state index is 0.131. The van der Waals surface area contributed by atoms with Gasteiger partial charge in [-0.05, 0) is 30.5 Å². The molecule has 1 amide bonds. The van der Waals surface area contributed by atoms with Gasteiger partial charge in [-0.25, -0.2) is 9.59 Å². The molecule has 1 aromatic carbocycles. The lowest BCUT2D eigenvalue weighted by Gasteiger charge is -2.16. The lowest BCUT2D eigenvalue weighted by Crippen LogP contribution is -2.41. The maximum atomic E-state index is 12.2. The maximum absolute atomic E-state index is 12.2. The Morgan fingerprint density at radius 3 is 2.52 bits per heavy atom. The minimum Gasteiger partial charge on any atom is -0.482 e. The molecule has 126 valence electrons. The van der Waals surface area contributed by atoms with E-state index in [0.29, 0.717) is 12.2 Å². The van der Waals surface area contributed by atoms with Crippen LogP contribution in [0.3, 0.4) is 0 Å².